The minimum atomic E-state index is -4.31. The average Bonchev–Trinajstić information content (AvgIpc) is 3.13. The molecule has 0 spiro atoms. The Balaban J connectivity index is 1.40. The molecule has 0 atom stereocenters. The Morgan fingerprint density at radius 1 is 1.10 bits per heavy atom. The van der Waals surface area contributed by atoms with Crippen LogP contribution in [0.15, 0.2) is 59.9 Å². The zero-order valence-electron chi connectivity index (χ0n) is 16.6. The lowest BCUT2D eigenvalue weighted by molar-refractivity contribution is -0.176. The van der Waals surface area contributed by atoms with Gasteiger partial charge in [-0.05, 0) is 23.3 Å². The molecule has 2 aromatic heterocycles. The summed E-state index contributed by atoms with van der Waals surface area (Å²) in [5.74, 6) is 0.663. The van der Waals surface area contributed by atoms with Crippen LogP contribution in [0.3, 0.4) is 0 Å². The number of benzene rings is 1. The summed E-state index contributed by atoms with van der Waals surface area (Å²) >= 11 is 0. The number of halogens is 3. The Morgan fingerprint density at radius 3 is 2.57 bits per heavy atom. The maximum absolute atomic E-state index is 12.1. The van der Waals surface area contributed by atoms with Crippen molar-refractivity contribution in [3.05, 3.63) is 71.7 Å². The molecule has 0 bridgehead atoms. The van der Waals surface area contributed by atoms with E-state index in [4.69, 9.17) is 0 Å². The van der Waals surface area contributed by atoms with Crippen molar-refractivity contribution in [3.8, 4) is 0 Å². The van der Waals surface area contributed by atoms with Gasteiger partial charge in [0.25, 0.3) is 0 Å². The fourth-order valence-electron chi connectivity index (χ4n) is 2.86. The summed E-state index contributed by atoms with van der Waals surface area (Å²) in [6.45, 7) is -0.0937. The minimum Gasteiger partial charge on any atom is -0.367 e. The maximum atomic E-state index is 12.1. The van der Waals surface area contributed by atoms with Crippen LogP contribution in [-0.4, -0.2) is 41.7 Å². The summed E-state index contributed by atoms with van der Waals surface area (Å²) in [6, 6.07) is 13.1. The predicted octanol–water partition coefficient (Wildman–Crippen LogP) is 3.32. The highest BCUT2D eigenvalue weighted by molar-refractivity contribution is 5.79. The van der Waals surface area contributed by atoms with Crippen LogP contribution < -0.4 is 10.6 Å². The summed E-state index contributed by atoms with van der Waals surface area (Å²) in [4.78, 5) is 8.76. The molecule has 3 rings (SSSR count). The van der Waals surface area contributed by atoms with E-state index in [0.717, 1.165) is 23.3 Å². The van der Waals surface area contributed by atoms with E-state index in [0.29, 0.717) is 24.6 Å². The van der Waals surface area contributed by atoms with Crippen LogP contribution in [0.2, 0.25) is 0 Å². The van der Waals surface area contributed by atoms with Crippen LogP contribution in [0.4, 0.5) is 13.2 Å². The van der Waals surface area contributed by atoms with Crippen molar-refractivity contribution in [3.63, 3.8) is 0 Å². The molecule has 0 aliphatic carbocycles. The number of nitrogens with one attached hydrogen (secondary N) is 2. The Morgan fingerprint density at radius 2 is 1.87 bits per heavy atom. The fourth-order valence-corrected chi connectivity index (χ4v) is 2.86. The molecule has 1 aromatic carbocycles. The normalized spacial score (nSPS) is 12.3. The van der Waals surface area contributed by atoms with Crippen LogP contribution >= 0.6 is 0 Å². The van der Waals surface area contributed by atoms with Gasteiger partial charge in [0.1, 0.15) is 12.3 Å². The van der Waals surface area contributed by atoms with Gasteiger partial charge in [-0.3, -0.25) is 4.99 Å². The number of imidazole rings is 1. The first-order chi connectivity index (χ1) is 14.4. The first-order valence-electron chi connectivity index (χ1n) is 9.52. The number of ether oxygens (including phenoxy) is 1. The molecule has 0 aliphatic heterocycles. The van der Waals surface area contributed by atoms with Gasteiger partial charge in [-0.2, -0.15) is 13.2 Å². The third kappa shape index (κ3) is 6.77. The highest BCUT2D eigenvalue weighted by Crippen LogP contribution is 2.15. The number of guanidine groups is 1. The van der Waals surface area contributed by atoms with Crippen molar-refractivity contribution in [1.29, 1.82) is 0 Å². The molecule has 9 heteroatoms. The van der Waals surface area contributed by atoms with Crippen molar-refractivity contribution < 1.29 is 17.9 Å². The first kappa shape index (κ1) is 21.6. The molecule has 0 aliphatic rings. The van der Waals surface area contributed by atoms with E-state index in [9.17, 15) is 13.2 Å². The molecular weight excluding hydrogens is 395 g/mol. The molecule has 0 saturated carbocycles. The van der Waals surface area contributed by atoms with Gasteiger partial charge in [-0.25, -0.2) is 4.98 Å². The zero-order valence-corrected chi connectivity index (χ0v) is 16.6. The molecule has 0 unspecified atom stereocenters. The largest absolute Gasteiger partial charge is 0.411 e. The Kier molecular flexibility index (Phi) is 7.29. The van der Waals surface area contributed by atoms with Crippen LogP contribution in [0, 0.1) is 0 Å². The van der Waals surface area contributed by atoms with E-state index in [1.165, 1.54) is 0 Å². The zero-order chi connectivity index (χ0) is 21.4. The number of fused-ring (bicyclic) bond motifs is 1. The van der Waals surface area contributed by atoms with Gasteiger partial charge in [0.05, 0.1) is 12.3 Å². The Bertz CT molecular complexity index is 934. The number of nitrogens with zero attached hydrogens (tertiary/aromatic N) is 3. The summed E-state index contributed by atoms with van der Waals surface area (Å²) in [5.41, 5.74) is 3.59. The Labute approximate surface area is 172 Å². The summed E-state index contributed by atoms with van der Waals surface area (Å²) in [5, 5.41) is 6.46. The van der Waals surface area contributed by atoms with Crippen LogP contribution in [0.1, 0.15) is 16.8 Å². The van der Waals surface area contributed by atoms with E-state index in [1.54, 1.807) is 19.2 Å². The second-order valence-electron chi connectivity index (χ2n) is 6.73. The van der Waals surface area contributed by atoms with Crippen molar-refractivity contribution in [2.24, 2.45) is 4.99 Å². The first-order valence-corrected chi connectivity index (χ1v) is 9.52. The van der Waals surface area contributed by atoms with Gasteiger partial charge in [0, 0.05) is 39.0 Å². The molecule has 0 radical (unpaired) electrons. The van der Waals surface area contributed by atoms with Gasteiger partial charge < -0.3 is 19.8 Å². The lowest BCUT2D eigenvalue weighted by Crippen LogP contribution is -2.37. The number of hydrogen-bond acceptors (Lipinski definition) is 3. The highest BCUT2D eigenvalue weighted by Gasteiger charge is 2.27. The van der Waals surface area contributed by atoms with E-state index >= 15 is 0 Å². The van der Waals surface area contributed by atoms with Gasteiger partial charge >= 0.3 is 6.18 Å². The number of hydrogen-bond donors (Lipinski definition) is 2. The molecule has 2 N–H and O–H groups in total. The topological polar surface area (TPSA) is 63.0 Å². The van der Waals surface area contributed by atoms with Gasteiger partial charge in [-0.15, -0.1) is 0 Å². The summed E-state index contributed by atoms with van der Waals surface area (Å²) in [6.07, 6.45) is 0.424. The smallest absolute Gasteiger partial charge is 0.367 e. The standard InChI is InChI=1S/C21H24F3N5O/c1-25-20(26-10-9-18-13-29-11-3-2-4-19(29)28-18)27-12-16-5-7-17(8-6-16)14-30-15-21(22,23)24/h2-8,11,13H,9-10,12,14-15H2,1H3,(H2,25,26,27). The molecule has 0 amide bonds. The number of aromatic nitrogens is 2. The third-order valence-electron chi connectivity index (χ3n) is 4.33. The van der Waals surface area contributed by atoms with Crippen LogP contribution in [-0.2, 0) is 24.3 Å². The lowest BCUT2D eigenvalue weighted by Gasteiger charge is -2.12. The van der Waals surface area contributed by atoms with Crippen molar-refractivity contribution >= 4 is 11.6 Å². The molecule has 0 saturated heterocycles. The molecule has 3 aromatic rings. The predicted molar refractivity (Wildman–Crippen MR) is 109 cm³/mol. The van der Waals surface area contributed by atoms with Crippen molar-refractivity contribution in [1.82, 2.24) is 20.0 Å². The van der Waals surface area contributed by atoms with E-state index in [-0.39, 0.29) is 6.61 Å². The number of pyridine rings is 1. The molecular formula is C21H24F3N5O. The second kappa shape index (κ2) is 10.1. The third-order valence-corrected chi connectivity index (χ3v) is 4.33. The molecule has 30 heavy (non-hydrogen) atoms. The van der Waals surface area contributed by atoms with E-state index in [1.807, 2.05) is 47.1 Å². The molecule has 0 fully saturated rings. The van der Waals surface area contributed by atoms with Crippen LogP contribution in [0.25, 0.3) is 5.65 Å². The SMILES string of the molecule is CN=C(NCCc1cn2ccccc2n1)NCc1ccc(COCC(F)(F)F)cc1. The Hall–Kier alpha value is -3.07. The van der Waals surface area contributed by atoms with E-state index in [2.05, 4.69) is 25.3 Å². The highest BCUT2D eigenvalue weighted by atomic mass is 19.4. The number of alkyl halides is 3. The van der Waals surface area contributed by atoms with Gasteiger partial charge in [-0.1, -0.05) is 30.3 Å². The second-order valence-corrected chi connectivity index (χ2v) is 6.73. The van der Waals surface area contributed by atoms with Crippen molar-refractivity contribution in [2.75, 3.05) is 20.2 Å². The summed E-state index contributed by atoms with van der Waals surface area (Å²) < 4.78 is 43.0. The number of rotatable bonds is 8. The fraction of sp³-hybridized carbons (Fsp3) is 0.333. The number of aliphatic imine (C=N–C) groups is 1. The maximum Gasteiger partial charge on any atom is 0.411 e. The minimum absolute atomic E-state index is 0.0699. The van der Waals surface area contributed by atoms with Crippen molar-refractivity contribution in [2.45, 2.75) is 25.7 Å². The summed E-state index contributed by atoms with van der Waals surface area (Å²) in [7, 11) is 1.70. The average molecular weight is 419 g/mol. The van der Waals surface area contributed by atoms with Gasteiger partial charge in [0.15, 0.2) is 5.96 Å². The molecule has 2 heterocycles. The molecule has 6 nitrogen and oxygen atoms in total. The van der Waals surface area contributed by atoms with Gasteiger partial charge in [0.2, 0.25) is 0 Å². The lowest BCUT2D eigenvalue weighted by atomic mass is 10.1. The van der Waals surface area contributed by atoms with Crippen LogP contribution in [0.5, 0.6) is 0 Å². The quantitative estimate of drug-likeness (QED) is 0.434. The van der Waals surface area contributed by atoms with E-state index < -0.39 is 12.8 Å². The molecule has 160 valence electrons. The monoisotopic (exact) mass is 419 g/mol.